The summed E-state index contributed by atoms with van der Waals surface area (Å²) in [5, 5.41) is 11.8. The zero-order valence-electron chi connectivity index (χ0n) is 16.5. The molecule has 0 aliphatic carbocycles. The highest BCUT2D eigenvalue weighted by Gasteiger charge is 2.45. The zero-order chi connectivity index (χ0) is 21.0. The van der Waals surface area contributed by atoms with E-state index in [9.17, 15) is 14.7 Å². The summed E-state index contributed by atoms with van der Waals surface area (Å²) in [5.41, 5.74) is 1.41. The second-order valence-corrected chi connectivity index (χ2v) is 7.52. The smallest absolute Gasteiger partial charge is 0.343 e. The van der Waals surface area contributed by atoms with E-state index in [0.717, 1.165) is 16.5 Å². The molecule has 0 saturated heterocycles. The van der Waals surface area contributed by atoms with Gasteiger partial charge in [0.15, 0.2) is 5.60 Å². The molecule has 1 atom stereocenters. The highest BCUT2D eigenvalue weighted by atomic mass is 16.6. The normalized spacial score (nSPS) is 19.1. The van der Waals surface area contributed by atoms with Crippen LogP contribution in [0.25, 0.3) is 22.3 Å². The Hall–Kier alpha value is -3.45. The van der Waals surface area contributed by atoms with Gasteiger partial charge in [-0.1, -0.05) is 25.6 Å². The van der Waals surface area contributed by atoms with E-state index in [1.807, 2.05) is 24.3 Å². The number of carbonyl (C=O) groups excluding carboxylic acids is 1. The van der Waals surface area contributed by atoms with Crippen LogP contribution in [0.15, 0.2) is 47.8 Å². The van der Waals surface area contributed by atoms with Crippen molar-refractivity contribution in [3.05, 3.63) is 70.0 Å². The fraction of sp³-hybridized carbons (Fsp3) is 0.261. The molecule has 4 heterocycles. The number of aliphatic hydroxyl groups is 1. The van der Waals surface area contributed by atoms with Crippen molar-refractivity contribution in [1.82, 2.24) is 9.55 Å². The van der Waals surface area contributed by atoms with Crippen LogP contribution >= 0.6 is 0 Å². The van der Waals surface area contributed by atoms with E-state index in [2.05, 4.69) is 6.58 Å². The summed E-state index contributed by atoms with van der Waals surface area (Å²) in [6.45, 7) is 5.96. The van der Waals surface area contributed by atoms with Gasteiger partial charge in [-0.05, 0) is 30.7 Å². The quantitative estimate of drug-likeness (QED) is 0.415. The van der Waals surface area contributed by atoms with E-state index in [1.165, 1.54) is 0 Å². The van der Waals surface area contributed by atoms with Gasteiger partial charge in [0, 0.05) is 16.5 Å². The number of nitrogens with zero attached hydrogens (tertiary/aromatic N) is 2. The van der Waals surface area contributed by atoms with Crippen molar-refractivity contribution in [3.8, 4) is 17.1 Å². The maximum Gasteiger partial charge on any atom is 0.343 e. The Kier molecular flexibility index (Phi) is 4.04. The van der Waals surface area contributed by atoms with Crippen LogP contribution in [0.2, 0.25) is 0 Å². The number of hydrogen-bond donors (Lipinski definition) is 1. The predicted molar refractivity (Wildman–Crippen MR) is 110 cm³/mol. The number of ether oxygens (including phenoxy) is 2. The van der Waals surface area contributed by atoms with E-state index in [-0.39, 0.29) is 18.6 Å². The maximum absolute atomic E-state index is 13.2. The average molecular weight is 404 g/mol. The largest absolute Gasteiger partial charge is 0.489 e. The Labute approximate surface area is 172 Å². The molecule has 0 fully saturated rings. The first-order valence-electron chi connectivity index (χ1n) is 9.81. The molecule has 30 heavy (non-hydrogen) atoms. The molecule has 7 nitrogen and oxygen atoms in total. The van der Waals surface area contributed by atoms with Crippen molar-refractivity contribution in [2.45, 2.75) is 32.1 Å². The van der Waals surface area contributed by atoms with Crippen LogP contribution in [0.5, 0.6) is 5.75 Å². The van der Waals surface area contributed by atoms with Gasteiger partial charge in [0.05, 0.1) is 29.0 Å². The van der Waals surface area contributed by atoms with E-state index < -0.39 is 11.6 Å². The highest BCUT2D eigenvalue weighted by molar-refractivity contribution is 5.89. The van der Waals surface area contributed by atoms with Crippen LogP contribution in [-0.2, 0) is 28.3 Å². The fourth-order valence-corrected chi connectivity index (χ4v) is 4.25. The molecule has 0 radical (unpaired) electrons. The molecule has 2 aliphatic rings. The molecule has 3 aromatic rings. The van der Waals surface area contributed by atoms with Gasteiger partial charge in [0.25, 0.3) is 5.56 Å². The predicted octanol–water partition coefficient (Wildman–Crippen LogP) is 2.64. The van der Waals surface area contributed by atoms with Gasteiger partial charge in [0.1, 0.15) is 19.0 Å². The van der Waals surface area contributed by atoms with Crippen molar-refractivity contribution in [2.75, 3.05) is 6.61 Å². The topological polar surface area (TPSA) is 90.7 Å². The van der Waals surface area contributed by atoms with E-state index >= 15 is 0 Å². The molecule has 1 N–H and O–H groups in total. The summed E-state index contributed by atoms with van der Waals surface area (Å²) in [6.07, 6.45) is 1.79. The second-order valence-electron chi connectivity index (χ2n) is 7.52. The standard InChI is InChI=1S/C23H20N2O5/c1-3-8-29-19-7-5-6-17-14(19)9-13-11-25-18(20(13)24-17)10-16-15(21(25)26)12-30-22(27)23(16,28)4-2/h3,5-7,9-10,28H,1,4,8,11-12H2,2H3/t23-/m0/s1. The Bertz CT molecular complexity index is 1290. The van der Waals surface area contributed by atoms with Gasteiger partial charge in [-0.2, -0.15) is 0 Å². The lowest BCUT2D eigenvalue weighted by atomic mass is 9.86. The molecule has 1 aromatic carbocycles. The molecule has 0 amide bonds. The number of hydrogen-bond acceptors (Lipinski definition) is 6. The second kappa shape index (κ2) is 6.53. The van der Waals surface area contributed by atoms with Crippen molar-refractivity contribution in [2.24, 2.45) is 0 Å². The van der Waals surface area contributed by atoms with Crippen LogP contribution in [0.3, 0.4) is 0 Å². The number of rotatable bonds is 4. The molecule has 0 saturated carbocycles. The lowest BCUT2D eigenvalue weighted by molar-refractivity contribution is -0.172. The molecule has 2 aromatic heterocycles. The number of fused-ring (bicyclic) bond motifs is 5. The van der Waals surface area contributed by atoms with Gasteiger partial charge in [-0.15, -0.1) is 0 Å². The van der Waals surface area contributed by atoms with Crippen molar-refractivity contribution < 1.29 is 19.4 Å². The Morgan fingerprint density at radius 1 is 1.37 bits per heavy atom. The highest BCUT2D eigenvalue weighted by Crippen LogP contribution is 2.39. The first-order chi connectivity index (χ1) is 14.5. The molecule has 5 rings (SSSR count). The van der Waals surface area contributed by atoms with Crippen LogP contribution in [-0.4, -0.2) is 27.2 Å². The van der Waals surface area contributed by atoms with Crippen molar-refractivity contribution in [1.29, 1.82) is 0 Å². The number of esters is 1. The Morgan fingerprint density at radius 2 is 2.20 bits per heavy atom. The third kappa shape index (κ3) is 2.45. The third-order valence-corrected chi connectivity index (χ3v) is 5.87. The molecule has 7 heteroatoms. The van der Waals surface area contributed by atoms with E-state index in [4.69, 9.17) is 14.5 Å². The summed E-state index contributed by atoms with van der Waals surface area (Å²) in [5.74, 6) is -0.0276. The number of benzene rings is 1. The summed E-state index contributed by atoms with van der Waals surface area (Å²) >= 11 is 0. The molecule has 0 unspecified atom stereocenters. The molecular formula is C23H20N2O5. The van der Waals surface area contributed by atoms with Crippen molar-refractivity contribution in [3.63, 3.8) is 0 Å². The van der Waals surface area contributed by atoms with Gasteiger partial charge in [-0.3, -0.25) is 4.79 Å². The first-order valence-corrected chi connectivity index (χ1v) is 9.81. The lowest BCUT2D eigenvalue weighted by Gasteiger charge is -2.31. The third-order valence-electron chi connectivity index (χ3n) is 5.87. The summed E-state index contributed by atoms with van der Waals surface area (Å²) in [6, 6.07) is 9.31. The summed E-state index contributed by atoms with van der Waals surface area (Å²) in [7, 11) is 0. The van der Waals surface area contributed by atoms with Crippen LogP contribution in [0, 0.1) is 0 Å². The van der Waals surface area contributed by atoms with Gasteiger partial charge >= 0.3 is 5.97 Å². The molecule has 2 aliphatic heterocycles. The number of aromatic nitrogens is 2. The Morgan fingerprint density at radius 3 is 2.97 bits per heavy atom. The van der Waals surface area contributed by atoms with E-state index in [0.29, 0.717) is 41.4 Å². The first kappa shape index (κ1) is 18.6. The summed E-state index contributed by atoms with van der Waals surface area (Å²) in [4.78, 5) is 30.2. The van der Waals surface area contributed by atoms with Crippen LogP contribution in [0.4, 0.5) is 0 Å². The van der Waals surface area contributed by atoms with Crippen LogP contribution in [0.1, 0.15) is 30.0 Å². The SMILES string of the molecule is C=CCOc1cccc2nc3c(cc12)Cn1c-3cc2c(c1=O)COC(=O)[C@]2(O)CC. The summed E-state index contributed by atoms with van der Waals surface area (Å²) < 4.78 is 12.5. The minimum atomic E-state index is -1.83. The van der Waals surface area contributed by atoms with Crippen molar-refractivity contribution >= 4 is 16.9 Å². The average Bonchev–Trinajstić information content (AvgIpc) is 3.11. The van der Waals surface area contributed by atoms with E-state index in [1.54, 1.807) is 23.6 Å². The van der Waals surface area contributed by atoms with Gasteiger partial charge in [-0.25, -0.2) is 9.78 Å². The molecule has 152 valence electrons. The minimum absolute atomic E-state index is 0.115. The number of carbonyl (C=O) groups is 1. The number of pyridine rings is 2. The number of cyclic esters (lactones) is 1. The zero-order valence-corrected chi connectivity index (χ0v) is 16.5. The van der Waals surface area contributed by atoms with Crippen LogP contribution < -0.4 is 10.3 Å². The minimum Gasteiger partial charge on any atom is -0.489 e. The Balaban J connectivity index is 1.73. The lowest BCUT2D eigenvalue weighted by Crippen LogP contribution is -2.44. The monoisotopic (exact) mass is 404 g/mol. The molecule has 0 spiro atoms. The van der Waals surface area contributed by atoms with Gasteiger partial charge < -0.3 is 19.1 Å². The fourth-order valence-electron chi connectivity index (χ4n) is 4.25. The molecular weight excluding hydrogens is 384 g/mol. The molecule has 0 bridgehead atoms. The van der Waals surface area contributed by atoms with Gasteiger partial charge in [0.2, 0.25) is 0 Å². The maximum atomic E-state index is 13.2.